The van der Waals surface area contributed by atoms with Crippen LogP contribution in [-0.2, 0) is 0 Å². The molecule has 0 aliphatic rings. The molecular formula is C5H9NO2. The molecule has 0 N–H and O–H groups in total. The van der Waals surface area contributed by atoms with Crippen molar-refractivity contribution in [3.8, 4) is 0 Å². The molecule has 0 unspecified atom stereocenters. The van der Waals surface area contributed by atoms with Gasteiger partial charge in [0.1, 0.15) is 0 Å². The predicted octanol–water partition coefficient (Wildman–Crippen LogP) is 1.23. The maximum absolute atomic E-state index is 9.66. The van der Waals surface area contributed by atoms with Gasteiger partial charge in [0.05, 0.1) is 0 Å². The largest absolute Gasteiger partial charge is 0.264 e. The average molecular weight is 115 g/mol. The standard InChI is InChI=1S/C5H9NO2/c1-5(2)3-4-6(7)8/h3H,4H2,1-2H3. The van der Waals surface area contributed by atoms with Crippen LogP contribution in [0.1, 0.15) is 13.8 Å². The van der Waals surface area contributed by atoms with Gasteiger partial charge >= 0.3 is 0 Å². The fourth-order valence-electron chi connectivity index (χ4n) is 0.257. The first kappa shape index (κ1) is 7.14. The molecule has 0 spiro atoms. The summed E-state index contributed by atoms with van der Waals surface area (Å²) in [5, 5.41) is 9.66. The van der Waals surface area contributed by atoms with Crippen molar-refractivity contribution in [1.29, 1.82) is 0 Å². The molecule has 0 saturated carbocycles. The monoisotopic (exact) mass is 115 g/mol. The summed E-state index contributed by atoms with van der Waals surface area (Å²) >= 11 is 0. The molecule has 0 heterocycles. The molecule has 0 atom stereocenters. The highest BCUT2D eigenvalue weighted by atomic mass is 16.6. The lowest BCUT2D eigenvalue weighted by Gasteiger charge is -1.84. The zero-order valence-corrected chi connectivity index (χ0v) is 5.05. The van der Waals surface area contributed by atoms with Gasteiger partial charge in [-0.3, -0.25) is 10.1 Å². The molecule has 3 heteroatoms. The molecule has 0 amide bonds. The molecule has 0 aromatic rings. The van der Waals surface area contributed by atoms with Crippen molar-refractivity contribution in [2.24, 2.45) is 0 Å². The van der Waals surface area contributed by atoms with Crippen LogP contribution >= 0.6 is 0 Å². The van der Waals surface area contributed by atoms with Gasteiger partial charge in [-0.15, -0.1) is 0 Å². The Bertz CT molecular complexity index is 114. The Morgan fingerprint density at radius 1 is 1.75 bits per heavy atom. The number of rotatable bonds is 2. The van der Waals surface area contributed by atoms with E-state index in [0.717, 1.165) is 5.57 Å². The van der Waals surface area contributed by atoms with Crippen LogP contribution in [0, 0.1) is 10.1 Å². The Labute approximate surface area is 48.2 Å². The van der Waals surface area contributed by atoms with E-state index in [1.165, 1.54) is 0 Å². The number of nitro groups is 1. The average Bonchev–Trinajstić information content (AvgIpc) is 1.61. The molecule has 0 radical (unpaired) electrons. The molecule has 0 aromatic heterocycles. The van der Waals surface area contributed by atoms with Crippen LogP contribution in [0.15, 0.2) is 11.6 Å². The first-order valence-electron chi connectivity index (χ1n) is 2.38. The zero-order chi connectivity index (χ0) is 6.57. The highest BCUT2D eigenvalue weighted by Gasteiger charge is 1.87. The van der Waals surface area contributed by atoms with Crippen molar-refractivity contribution in [3.63, 3.8) is 0 Å². The number of allylic oxidation sites excluding steroid dienone is 1. The van der Waals surface area contributed by atoms with Crippen LogP contribution in [0.2, 0.25) is 0 Å². The molecular weight excluding hydrogens is 106 g/mol. The van der Waals surface area contributed by atoms with Gasteiger partial charge in [-0.25, -0.2) is 0 Å². The van der Waals surface area contributed by atoms with Crippen molar-refractivity contribution in [3.05, 3.63) is 21.8 Å². The Morgan fingerprint density at radius 3 is 2.38 bits per heavy atom. The van der Waals surface area contributed by atoms with E-state index in [-0.39, 0.29) is 11.5 Å². The molecule has 3 nitrogen and oxygen atoms in total. The van der Waals surface area contributed by atoms with Gasteiger partial charge in [0.25, 0.3) is 0 Å². The predicted molar refractivity (Wildman–Crippen MR) is 31.3 cm³/mol. The minimum absolute atomic E-state index is 0.0532. The van der Waals surface area contributed by atoms with Crippen LogP contribution in [-0.4, -0.2) is 11.5 Å². The van der Waals surface area contributed by atoms with Gasteiger partial charge < -0.3 is 0 Å². The van der Waals surface area contributed by atoms with Gasteiger partial charge in [-0.05, 0) is 19.9 Å². The number of nitrogens with zero attached hydrogens (tertiary/aromatic N) is 1. The maximum Gasteiger partial charge on any atom is 0.222 e. The number of hydrogen-bond donors (Lipinski definition) is 0. The van der Waals surface area contributed by atoms with E-state index < -0.39 is 0 Å². The fraction of sp³-hybridized carbons (Fsp3) is 0.600. The zero-order valence-electron chi connectivity index (χ0n) is 5.05. The van der Waals surface area contributed by atoms with E-state index >= 15 is 0 Å². The van der Waals surface area contributed by atoms with Crippen LogP contribution in [0.4, 0.5) is 0 Å². The summed E-state index contributed by atoms with van der Waals surface area (Å²) in [4.78, 5) is 9.31. The normalized spacial score (nSPS) is 8.25. The second kappa shape index (κ2) is 3.18. The topological polar surface area (TPSA) is 43.1 Å². The molecule has 8 heavy (non-hydrogen) atoms. The molecule has 0 rings (SSSR count). The van der Waals surface area contributed by atoms with E-state index in [2.05, 4.69) is 0 Å². The summed E-state index contributed by atoms with van der Waals surface area (Å²) in [5.41, 5.74) is 0.988. The third kappa shape index (κ3) is 5.14. The third-order valence-corrected chi connectivity index (χ3v) is 0.649. The van der Waals surface area contributed by atoms with Crippen LogP contribution in [0.25, 0.3) is 0 Å². The molecule has 46 valence electrons. The van der Waals surface area contributed by atoms with E-state index in [0.29, 0.717) is 0 Å². The molecule has 0 aromatic carbocycles. The summed E-state index contributed by atoms with van der Waals surface area (Å²) in [6, 6.07) is 0. The number of hydrogen-bond acceptors (Lipinski definition) is 2. The van der Waals surface area contributed by atoms with E-state index in [1.54, 1.807) is 6.08 Å². The second-order valence-corrected chi connectivity index (χ2v) is 1.80. The first-order chi connectivity index (χ1) is 3.63. The van der Waals surface area contributed by atoms with E-state index in [4.69, 9.17) is 0 Å². The lowest BCUT2D eigenvalue weighted by Crippen LogP contribution is -1.96. The molecule has 0 saturated heterocycles. The summed E-state index contributed by atoms with van der Waals surface area (Å²) in [7, 11) is 0. The van der Waals surface area contributed by atoms with Crippen molar-refractivity contribution >= 4 is 0 Å². The summed E-state index contributed by atoms with van der Waals surface area (Å²) in [5.74, 6) is 0. The first-order valence-corrected chi connectivity index (χ1v) is 2.38. The fourth-order valence-corrected chi connectivity index (χ4v) is 0.257. The molecule has 0 fully saturated rings. The van der Waals surface area contributed by atoms with Crippen LogP contribution in [0.5, 0.6) is 0 Å². The minimum Gasteiger partial charge on any atom is -0.264 e. The Morgan fingerprint density at radius 2 is 2.25 bits per heavy atom. The summed E-state index contributed by atoms with van der Waals surface area (Å²) in [6.45, 7) is 3.62. The van der Waals surface area contributed by atoms with E-state index in [1.807, 2.05) is 13.8 Å². The molecule has 0 bridgehead atoms. The van der Waals surface area contributed by atoms with Gasteiger partial charge in [-0.2, -0.15) is 0 Å². The second-order valence-electron chi connectivity index (χ2n) is 1.80. The molecule has 0 aliphatic carbocycles. The van der Waals surface area contributed by atoms with Gasteiger partial charge in [-0.1, -0.05) is 5.57 Å². The lowest BCUT2D eigenvalue weighted by atomic mass is 10.3. The van der Waals surface area contributed by atoms with Crippen LogP contribution < -0.4 is 0 Å². The maximum atomic E-state index is 9.66. The highest BCUT2D eigenvalue weighted by Crippen LogP contribution is 1.86. The Balaban J connectivity index is 3.45. The lowest BCUT2D eigenvalue weighted by molar-refractivity contribution is -0.468. The summed E-state index contributed by atoms with van der Waals surface area (Å²) < 4.78 is 0. The van der Waals surface area contributed by atoms with Crippen molar-refractivity contribution in [1.82, 2.24) is 0 Å². The van der Waals surface area contributed by atoms with E-state index in [9.17, 15) is 10.1 Å². The van der Waals surface area contributed by atoms with Crippen molar-refractivity contribution in [2.75, 3.05) is 6.54 Å². The van der Waals surface area contributed by atoms with Gasteiger partial charge in [0, 0.05) is 4.92 Å². The summed E-state index contributed by atoms with van der Waals surface area (Å²) in [6.07, 6.45) is 1.58. The molecule has 0 aliphatic heterocycles. The highest BCUT2D eigenvalue weighted by molar-refractivity contribution is 4.92. The van der Waals surface area contributed by atoms with Crippen molar-refractivity contribution < 1.29 is 4.92 Å². The van der Waals surface area contributed by atoms with Gasteiger partial charge in [0.2, 0.25) is 6.54 Å². The van der Waals surface area contributed by atoms with Crippen molar-refractivity contribution in [2.45, 2.75) is 13.8 Å². The van der Waals surface area contributed by atoms with Gasteiger partial charge in [0.15, 0.2) is 0 Å². The smallest absolute Gasteiger partial charge is 0.222 e. The minimum atomic E-state index is -0.354. The van der Waals surface area contributed by atoms with Crippen LogP contribution in [0.3, 0.4) is 0 Å². The Hall–Kier alpha value is -0.860. The third-order valence-electron chi connectivity index (χ3n) is 0.649. The quantitative estimate of drug-likeness (QED) is 0.308. The Kier molecular flexibility index (Phi) is 2.84. The SMILES string of the molecule is CC(C)=CC[N+](=O)[O-].